The third-order valence-corrected chi connectivity index (χ3v) is 4.72. The van der Waals surface area contributed by atoms with E-state index in [9.17, 15) is 44.7 Å². The number of nitrogens with one attached hydrogen (secondary N) is 2. The molecule has 2 N–H and O–H groups in total. The van der Waals surface area contributed by atoms with Crippen molar-refractivity contribution in [3.05, 3.63) is 58.1 Å². The van der Waals surface area contributed by atoms with Crippen LogP contribution in [0.25, 0.3) is 0 Å². The van der Waals surface area contributed by atoms with Crippen LogP contribution in [0.3, 0.4) is 0 Å². The molecular formula is C19H12Cl2F8N2O3. The number of benzene rings is 2. The smallest absolute Gasteiger partial charge is 0.381 e. The molecule has 0 saturated heterocycles. The van der Waals surface area contributed by atoms with E-state index in [0.29, 0.717) is 0 Å². The van der Waals surface area contributed by atoms with Crippen LogP contribution in [0, 0.1) is 0 Å². The lowest BCUT2D eigenvalue weighted by Gasteiger charge is -2.32. The maximum Gasteiger partial charge on any atom is 0.381 e. The van der Waals surface area contributed by atoms with Crippen molar-refractivity contribution in [2.45, 2.75) is 24.2 Å². The molecule has 15 heteroatoms. The summed E-state index contributed by atoms with van der Waals surface area (Å²) in [5.74, 6) is -20.0. The highest BCUT2D eigenvalue weighted by atomic mass is 35.5. The molecule has 0 atom stereocenters. The lowest BCUT2D eigenvalue weighted by Crippen LogP contribution is -2.59. The largest absolute Gasteiger partial charge is 0.485 e. The number of hydrogen-bond acceptors (Lipinski definition) is 3. The molecular weight excluding hydrogens is 527 g/mol. The van der Waals surface area contributed by atoms with Crippen LogP contribution in [-0.4, -0.2) is 42.7 Å². The zero-order valence-corrected chi connectivity index (χ0v) is 17.8. The van der Waals surface area contributed by atoms with Crippen LogP contribution in [0.1, 0.15) is 10.4 Å². The number of halogens is 10. The standard InChI is InChI=1S/C19H12Cl2F8N2O3/c20-11-4-2-1-3-10(11)14(32)31-16(33)30-9-5-6-13(12(21)7-9)34-8-17(24,25)19(28,29)18(26,27)15(22)23/h1-7,15H,8H2,(H2,30,31,32,33). The van der Waals surface area contributed by atoms with Gasteiger partial charge in [0, 0.05) is 5.69 Å². The molecule has 2 rings (SSSR count). The summed E-state index contributed by atoms with van der Waals surface area (Å²) in [6.07, 6.45) is -5.06. The highest BCUT2D eigenvalue weighted by Crippen LogP contribution is 2.48. The summed E-state index contributed by atoms with van der Waals surface area (Å²) in [5, 5.41) is 3.61. The Bertz CT molecular complexity index is 1070. The minimum atomic E-state index is -6.44. The number of rotatable bonds is 8. The molecule has 34 heavy (non-hydrogen) atoms. The summed E-state index contributed by atoms with van der Waals surface area (Å²) in [4.78, 5) is 24.0. The van der Waals surface area contributed by atoms with E-state index in [4.69, 9.17) is 23.2 Å². The molecule has 3 amide bonds. The van der Waals surface area contributed by atoms with Gasteiger partial charge >= 0.3 is 30.2 Å². The number of ether oxygens (including phenoxy) is 1. The van der Waals surface area contributed by atoms with E-state index in [1.165, 1.54) is 18.2 Å². The Morgan fingerprint density at radius 1 is 0.941 bits per heavy atom. The van der Waals surface area contributed by atoms with Gasteiger partial charge in [0.25, 0.3) is 5.91 Å². The van der Waals surface area contributed by atoms with Gasteiger partial charge in [-0.2, -0.15) is 26.3 Å². The first-order chi connectivity index (χ1) is 15.6. The predicted molar refractivity (Wildman–Crippen MR) is 106 cm³/mol. The van der Waals surface area contributed by atoms with E-state index >= 15 is 0 Å². The molecule has 0 saturated carbocycles. The Balaban J connectivity index is 2.04. The van der Waals surface area contributed by atoms with Crippen molar-refractivity contribution in [3.8, 4) is 5.75 Å². The topological polar surface area (TPSA) is 67.4 Å². The summed E-state index contributed by atoms with van der Waals surface area (Å²) >= 11 is 11.6. The van der Waals surface area contributed by atoms with Gasteiger partial charge in [-0.15, -0.1) is 0 Å². The highest BCUT2D eigenvalue weighted by Gasteiger charge is 2.75. The Morgan fingerprint density at radius 2 is 1.56 bits per heavy atom. The number of amides is 3. The molecule has 0 aliphatic carbocycles. The van der Waals surface area contributed by atoms with Crippen molar-refractivity contribution in [1.82, 2.24) is 5.32 Å². The first-order valence-electron chi connectivity index (χ1n) is 8.81. The van der Waals surface area contributed by atoms with E-state index in [0.717, 1.165) is 18.2 Å². The number of carbonyl (C=O) groups is 2. The first kappa shape index (κ1) is 27.4. The molecule has 0 bridgehead atoms. The minimum Gasteiger partial charge on any atom is -0.485 e. The summed E-state index contributed by atoms with van der Waals surface area (Å²) in [5.41, 5.74) is -0.139. The van der Waals surface area contributed by atoms with E-state index in [1.807, 2.05) is 5.32 Å². The molecule has 0 aliphatic rings. The average Bonchev–Trinajstić information content (AvgIpc) is 2.72. The molecule has 0 unspecified atom stereocenters. The van der Waals surface area contributed by atoms with Gasteiger partial charge in [-0.1, -0.05) is 35.3 Å². The quantitative estimate of drug-likeness (QED) is 0.377. The van der Waals surface area contributed by atoms with Crippen LogP contribution in [-0.2, 0) is 0 Å². The lowest BCUT2D eigenvalue weighted by molar-refractivity contribution is -0.342. The molecule has 0 aliphatic heterocycles. The molecule has 186 valence electrons. The fraction of sp³-hybridized carbons (Fsp3) is 0.263. The van der Waals surface area contributed by atoms with Gasteiger partial charge < -0.3 is 10.1 Å². The van der Waals surface area contributed by atoms with E-state index in [2.05, 4.69) is 10.1 Å². The Morgan fingerprint density at radius 3 is 2.12 bits per heavy atom. The number of imide groups is 1. The van der Waals surface area contributed by atoms with Crippen LogP contribution in [0.15, 0.2) is 42.5 Å². The molecule has 0 fully saturated rings. The van der Waals surface area contributed by atoms with Crippen LogP contribution < -0.4 is 15.4 Å². The number of hydrogen-bond donors (Lipinski definition) is 2. The van der Waals surface area contributed by atoms with Crippen molar-refractivity contribution in [2.75, 3.05) is 11.9 Å². The lowest BCUT2D eigenvalue weighted by atomic mass is 10.1. The normalized spacial score (nSPS) is 12.4. The summed E-state index contributed by atoms with van der Waals surface area (Å²) in [7, 11) is 0. The molecule has 2 aromatic carbocycles. The second kappa shape index (κ2) is 10.2. The second-order valence-electron chi connectivity index (χ2n) is 6.52. The predicted octanol–water partition coefficient (Wildman–Crippen LogP) is 6.51. The molecule has 2 aromatic rings. The molecule has 5 nitrogen and oxygen atoms in total. The summed E-state index contributed by atoms with van der Waals surface area (Å²) < 4.78 is 108. The van der Waals surface area contributed by atoms with Gasteiger partial charge in [-0.05, 0) is 30.3 Å². The van der Waals surface area contributed by atoms with E-state index in [1.54, 1.807) is 6.07 Å². The maximum atomic E-state index is 13.6. The molecule has 0 heterocycles. The van der Waals surface area contributed by atoms with Crippen LogP contribution in [0.2, 0.25) is 10.0 Å². The highest BCUT2D eigenvalue weighted by molar-refractivity contribution is 6.34. The Labute approximate surface area is 196 Å². The van der Waals surface area contributed by atoms with Gasteiger partial charge in [0.1, 0.15) is 5.75 Å². The first-order valence-corrected chi connectivity index (χ1v) is 9.56. The fourth-order valence-electron chi connectivity index (χ4n) is 2.31. The molecule has 0 aromatic heterocycles. The van der Waals surface area contributed by atoms with Gasteiger partial charge in [0.2, 0.25) is 0 Å². The van der Waals surface area contributed by atoms with E-state index in [-0.39, 0.29) is 16.3 Å². The molecule has 0 spiro atoms. The van der Waals surface area contributed by atoms with E-state index < -0.39 is 53.5 Å². The van der Waals surface area contributed by atoms with Gasteiger partial charge in [-0.3, -0.25) is 10.1 Å². The van der Waals surface area contributed by atoms with Gasteiger partial charge in [0.05, 0.1) is 15.6 Å². The maximum absolute atomic E-state index is 13.6. The fourth-order valence-corrected chi connectivity index (χ4v) is 2.77. The number of carbonyl (C=O) groups excluding carboxylic acids is 2. The van der Waals surface area contributed by atoms with Crippen molar-refractivity contribution < 1.29 is 49.4 Å². The summed E-state index contributed by atoms with van der Waals surface area (Å²) in [6, 6.07) is 7.39. The second-order valence-corrected chi connectivity index (χ2v) is 7.34. The van der Waals surface area contributed by atoms with Crippen LogP contribution >= 0.6 is 23.2 Å². The van der Waals surface area contributed by atoms with Crippen molar-refractivity contribution in [2.24, 2.45) is 0 Å². The third kappa shape index (κ3) is 5.81. The van der Waals surface area contributed by atoms with Gasteiger partial charge in [0.15, 0.2) is 6.61 Å². The number of urea groups is 1. The van der Waals surface area contributed by atoms with Crippen molar-refractivity contribution in [3.63, 3.8) is 0 Å². The monoisotopic (exact) mass is 538 g/mol. The van der Waals surface area contributed by atoms with Crippen LogP contribution in [0.4, 0.5) is 45.6 Å². The third-order valence-electron chi connectivity index (χ3n) is 4.10. The Hall–Kier alpha value is -2.80. The minimum absolute atomic E-state index is 0.0174. The van der Waals surface area contributed by atoms with Gasteiger partial charge in [-0.25, -0.2) is 13.6 Å². The number of anilines is 1. The average molecular weight is 539 g/mol. The zero-order chi connectivity index (χ0) is 25.9. The number of alkyl halides is 8. The SMILES string of the molecule is O=C(NC(=O)c1ccccc1Cl)Nc1ccc(OCC(F)(F)C(F)(F)C(F)(F)C(F)F)c(Cl)c1. The zero-order valence-electron chi connectivity index (χ0n) is 16.3. The van der Waals surface area contributed by atoms with Crippen molar-refractivity contribution in [1.29, 1.82) is 0 Å². The Kier molecular flexibility index (Phi) is 8.25. The van der Waals surface area contributed by atoms with Crippen LogP contribution in [0.5, 0.6) is 5.75 Å². The summed E-state index contributed by atoms with van der Waals surface area (Å²) in [6.45, 7) is -2.42. The van der Waals surface area contributed by atoms with Crippen molar-refractivity contribution >= 4 is 40.8 Å². The molecule has 0 radical (unpaired) electrons.